The average molecular weight is 386 g/mol. The van der Waals surface area contributed by atoms with Gasteiger partial charge in [0, 0.05) is 5.56 Å². The first kappa shape index (κ1) is 18.1. The number of aromatic nitrogens is 2. The summed E-state index contributed by atoms with van der Waals surface area (Å²) in [5, 5.41) is 3.52. The molecule has 3 rings (SSSR count). The second kappa shape index (κ2) is 6.52. The van der Waals surface area contributed by atoms with Gasteiger partial charge in [0.15, 0.2) is 9.84 Å². The van der Waals surface area contributed by atoms with Crippen LogP contribution in [0.2, 0.25) is 0 Å². The monoisotopic (exact) mass is 386 g/mol. The molecule has 0 aliphatic heterocycles. The molecule has 0 saturated heterocycles. The van der Waals surface area contributed by atoms with E-state index in [0.29, 0.717) is 0 Å². The third-order valence-corrected chi connectivity index (χ3v) is 5.02. The Hall–Kier alpha value is -2.75. The van der Waals surface area contributed by atoms with E-state index >= 15 is 0 Å². The van der Waals surface area contributed by atoms with Crippen molar-refractivity contribution in [2.45, 2.75) is 16.8 Å². The van der Waals surface area contributed by atoms with E-state index in [1.54, 1.807) is 0 Å². The predicted molar refractivity (Wildman–Crippen MR) is 82.0 cm³/mol. The molecule has 2 aromatic carbocycles. The lowest BCUT2D eigenvalue weighted by atomic mass is 10.1. The molecule has 0 radical (unpaired) electrons. The first-order valence-electron chi connectivity index (χ1n) is 7.14. The molecular formula is C16H10F4N2O3S. The van der Waals surface area contributed by atoms with Gasteiger partial charge in [-0.1, -0.05) is 17.3 Å². The van der Waals surface area contributed by atoms with Crippen molar-refractivity contribution in [3.63, 3.8) is 0 Å². The van der Waals surface area contributed by atoms with Gasteiger partial charge in [-0.2, -0.15) is 18.2 Å². The Balaban J connectivity index is 1.85. The van der Waals surface area contributed by atoms with Crippen LogP contribution in [0.5, 0.6) is 0 Å². The molecule has 26 heavy (non-hydrogen) atoms. The minimum atomic E-state index is -4.53. The second-order valence-electron chi connectivity index (χ2n) is 5.30. The lowest BCUT2D eigenvalue weighted by Crippen LogP contribution is -2.05. The Morgan fingerprint density at radius 2 is 1.73 bits per heavy atom. The number of rotatable bonds is 4. The highest BCUT2D eigenvalue weighted by Crippen LogP contribution is 2.31. The van der Waals surface area contributed by atoms with E-state index in [2.05, 4.69) is 10.1 Å². The largest absolute Gasteiger partial charge is 0.416 e. The van der Waals surface area contributed by atoms with Crippen molar-refractivity contribution in [1.29, 1.82) is 0 Å². The molecule has 0 aliphatic carbocycles. The fraction of sp³-hybridized carbons (Fsp3) is 0.125. The van der Waals surface area contributed by atoms with E-state index < -0.39 is 33.1 Å². The van der Waals surface area contributed by atoms with E-state index in [1.165, 1.54) is 12.1 Å². The second-order valence-corrected chi connectivity index (χ2v) is 7.29. The van der Waals surface area contributed by atoms with Crippen LogP contribution in [0.4, 0.5) is 17.6 Å². The average Bonchev–Trinajstić information content (AvgIpc) is 3.02. The molecule has 3 aromatic rings. The summed E-state index contributed by atoms with van der Waals surface area (Å²) in [4.78, 5) is 3.69. The quantitative estimate of drug-likeness (QED) is 0.503. The summed E-state index contributed by atoms with van der Waals surface area (Å²) in [5.41, 5.74) is -0.853. The number of sulfone groups is 1. The van der Waals surface area contributed by atoms with Crippen LogP contribution in [-0.4, -0.2) is 18.6 Å². The molecule has 1 aromatic heterocycles. The van der Waals surface area contributed by atoms with E-state index in [9.17, 15) is 26.0 Å². The van der Waals surface area contributed by atoms with Gasteiger partial charge in [-0.25, -0.2) is 12.8 Å². The maximum absolute atomic E-state index is 12.9. The zero-order valence-corrected chi connectivity index (χ0v) is 13.7. The fourth-order valence-corrected chi connectivity index (χ4v) is 3.31. The van der Waals surface area contributed by atoms with Crippen LogP contribution in [0.25, 0.3) is 11.4 Å². The minimum Gasteiger partial charge on any atom is -0.338 e. The van der Waals surface area contributed by atoms with Crippen LogP contribution >= 0.6 is 0 Å². The van der Waals surface area contributed by atoms with Gasteiger partial charge in [0.2, 0.25) is 11.7 Å². The number of alkyl halides is 3. The molecule has 0 unspecified atom stereocenters. The normalized spacial score (nSPS) is 12.3. The van der Waals surface area contributed by atoms with Crippen molar-refractivity contribution in [3.05, 3.63) is 65.8 Å². The number of benzene rings is 2. The Morgan fingerprint density at radius 3 is 2.38 bits per heavy atom. The zero-order valence-electron chi connectivity index (χ0n) is 12.9. The van der Waals surface area contributed by atoms with Gasteiger partial charge in [-0.15, -0.1) is 0 Å². The van der Waals surface area contributed by atoms with E-state index in [1.807, 2.05) is 0 Å². The highest BCUT2D eigenvalue weighted by atomic mass is 32.2. The zero-order chi connectivity index (χ0) is 18.9. The number of hydrogen-bond donors (Lipinski definition) is 0. The van der Waals surface area contributed by atoms with E-state index in [-0.39, 0.29) is 22.2 Å². The molecule has 1 heterocycles. The molecule has 0 spiro atoms. The van der Waals surface area contributed by atoms with Crippen molar-refractivity contribution in [3.8, 4) is 11.4 Å². The van der Waals surface area contributed by atoms with E-state index in [0.717, 1.165) is 36.4 Å². The lowest BCUT2D eigenvalue weighted by molar-refractivity contribution is -0.137. The standard InChI is InChI=1S/C16H10F4N2O3S/c17-12-4-6-13(7-5-12)26(23,24)9-14-21-15(22-25-14)10-2-1-3-11(8-10)16(18,19)20/h1-8H,9H2. The minimum absolute atomic E-state index is 0.0361. The first-order valence-corrected chi connectivity index (χ1v) is 8.79. The Morgan fingerprint density at radius 1 is 1.04 bits per heavy atom. The van der Waals surface area contributed by atoms with Crippen molar-refractivity contribution >= 4 is 9.84 Å². The molecule has 0 amide bonds. The molecule has 5 nitrogen and oxygen atoms in total. The molecular weight excluding hydrogens is 376 g/mol. The molecule has 136 valence electrons. The molecule has 0 fully saturated rings. The van der Waals surface area contributed by atoms with Crippen molar-refractivity contribution < 1.29 is 30.5 Å². The van der Waals surface area contributed by atoms with Gasteiger partial charge in [0.05, 0.1) is 10.5 Å². The van der Waals surface area contributed by atoms with Gasteiger partial charge in [-0.3, -0.25) is 0 Å². The van der Waals surface area contributed by atoms with Crippen LogP contribution in [-0.2, 0) is 21.8 Å². The third kappa shape index (κ3) is 3.90. The lowest BCUT2D eigenvalue weighted by Gasteiger charge is -2.06. The fourth-order valence-electron chi connectivity index (χ4n) is 2.15. The number of halogens is 4. The van der Waals surface area contributed by atoms with Crippen LogP contribution in [0.1, 0.15) is 11.5 Å². The summed E-state index contributed by atoms with van der Waals surface area (Å²) in [5.74, 6) is -1.71. The summed E-state index contributed by atoms with van der Waals surface area (Å²) < 4.78 is 80.5. The van der Waals surface area contributed by atoms with Crippen LogP contribution in [0.3, 0.4) is 0 Å². The van der Waals surface area contributed by atoms with Crippen molar-refractivity contribution in [1.82, 2.24) is 10.1 Å². The number of hydrogen-bond acceptors (Lipinski definition) is 5. The third-order valence-electron chi connectivity index (χ3n) is 3.40. The highest BCUT2D eigenvalue weighted by molar-refractivity contribution is 7.90. The Kier molecular flexibility index (Phi) is 4.53. The molecule has 0 N–H and O–H groups in total. The topological polar surface area (TPSA) is 73.1 Å². The molecule has 10 heteroatoms. The van der Waals surface area contributed by atoms with Crippen LogP contribution in [0, 0.1) is 5.82 Å². The predicted octanol–water partition coefficient (Wildman–Crippen LogP) is 3.87. The van der Waals surface area contributed by atoms with Gasteiger partial charge >= 0.3 is 6.18 Å². The summed E-state index contributed by atoms with van der Waals surface area (Å²) in [6, 6.07) is 8.43. The summed E-state index contributed by atoms with van der Waals surface area (Å²) in [6.45, 7) is 0. The number of nitrogens with zero attached hydrogens (tertiary/aromatic N) is 2. The summed E-state index contributed by atoms with van der Waals surface area (Å²) in [7, 11) is -3.87. The Bertz CT molecular complexity index is 1030. The first-order chi connectivity index (χ1) is 12.1. The molecule has 0 bridgehead atoms. The Labute approximate surface area is 145 Å². The smallest absolute Gasteiger partial charge is 0.338 e. The summed E-state index contributed by atoms with van der Waals surface area (Å²) in [6.07, 6.45) is -4.53. The van der Waals surface area contributed by atoms with Crippen LogP contribution in [0.15, 0.2) is 57.9 Å². The van der Waals surface area contributed by atoms with Crippen LogP contribution < -0.4 is 0 Å². The maximum Gasteiger partial charge on any atom is 0.416 e. The highest BCUT2D eigenvalue weighted by Gasteiger charge is 2.31. The molecule has 0 saturated carbocycles. The van der Waals surface area contributed by atoms with Crippen molar-refractivity contribution in [2.75, 3.05) is 0 Å². The summed E-state index contributed by atoms with van der Waals surface area (Å²) >= 11 is 0. The molecule has 0 aliphatic rings. The SMILES string of the molecule is O=S(=O)(Cc1nc(-c2cccc(C(F)(F)F)c2)no1)c1ccc(F)cc1. The van der Waals surface area contributed by atoms with Crippen molar-refractivity contribution in [2.24, 2.45) is 0 Å². The van der Waals surface area contributed by atoms with Gasteiger partial charge in [0.25, 0.3) is 0 Å². The van der Waals surface area contributed by atoms with Gasteiger partial charge in [0.1, 0.15) is 11.6 Å². The molecule has 0 atom stereocenters. The van der Waals surface area contributed by atoms with E-state index in [4.69, 9.17) is 4.52 Å². The van der Waals surface area contributed by atoms with Gasteiger partial charge < -0.3 is 4.52 Å². The maximum atomic E-state index is 12.9. The van der Waals surface area contributed by atoms with Gasteiger partial charge in [-0.05, 0) is 36.4 Å².